The number of halogens is 1. The van der Waals surface area contributed by atoms with Gasteiger partial charge in [-0.25, -0.2) is 0 Å². The fourth-order valence-electron chi connectivity index (χ4n) is 2.06. The summed E-state index contributed by atoms with van der Waals surface area (Å²) in [6.07, 6.45) is 1.79. The van der Waals surface area contributed by atoms with E-state index in [-0.39, 0.29) is 0 Å². The molecule has 0 fully saturated rings. The SMILES string of the molecule is Cc1c(Cl)nnc(-c2ccc3cccnc3c2)c1C. The summed E-state index contributed by atoms with van der Waals surface area (Å²) in [5.41, 5.74) is 4.84. The Bertz CT molecular complexity index is 768. The molecule has 0 saturated heterocycles. The van der Waals surface area contributed by atoms with Crippen molar-refractivity contribution < 1.29 is 0 Å². The van der Waals surface area contributed by atoms with Gasteiger partial charge in [0.25, 0.3) is 0 Å². The number of pyridine rings is 1. The van der Waals surface area contributed by atoms with Crippen molar-refractivity contribution in [3.8, 4) is 11.3 Å². The average Bonchev–Trinajstić information content (AvgIpc) is 2.44. The maximum absolute atomic E-state index is 5.98. The Labute approximate surface area is 116 Å². The van der Waals surface area contributed by atoms with Crippen molar-refractivity contribution in [3.63, 3.8) is 0 Å². The van der Waals surface area contributed by atoms with Gasteiger partial charge >= 0.3 is 0 Å². The van der Waals surface area contributed by atoms with Crippen molar-refractivity contribution in [3.05, 3.63) is 52.8 Å². The summed E-state index contributed by atoms with van der Waals surface area (Å²) in [6.45, 7) is 3.96. The third kappa shape index (κ3) is 2.06. The summed E-state index contributed by atoms with van der Waals surface area (Å²) in [6, 6.07) is 10.1. The molecule has 0 aliphatic rings. The van der Waals surface area contributed by atoms with Crippen molar-refractivity contribution >= 4 is 22.5 Å². The van der Waals surface area contributed by atoms with E-state index in [0.29, 0.717) is 5.15 Å². The highest BCUT2D eigenvalue weighted by atomic mass is 35.5. The number of aromatic nitrogens is 3. The maximum atomic E-state index is 5.98. The topological polar surface area (TPSA) is 38.7 Å². The highest BCUT2D eigenvalue weighted by Crippen LogP contribution is 2.27. The van der Waals surface area contributed by atoms with Gasteiger partial charge in [0.2, 0.25) is 0 Å². The minimum absolute atomic E-state index is 0.458. The molecular formula is C15H12ClN3. The van der Waals surface area contributed by atoms with Gasteiger partial charge in [0, 0.05) is 17.1 Å². The zero-order valence-corrected chi connectivity index (χ0v) is 11.4. The quantitative estimate of drug-likeness (QED) is 0.671. The van der Waals surface area contributed by atoms with Crippen molar-refractivity contribution in [1.82, 2.24) is 15.2 Å². The van der Waals surface area contributed by atoms with E-state index in [1.807, 2.05) is 44.2 Å². The van der Waals surface area contributed by atoms with Crippen LogP contribution in [-0.4, -0.2) is 15.2 Å². The molecule has 0 spiro atoms. The smallest absolute Gasteiger partial charge is 0.154 e. The zero-order chi connectivity index (χ0) is 13.4. The van der Waals surface area contributed by atoms with Crippen LogP contribution in [-0.2, 0) is 0 Å². The van der Waals surface area contributed by atoms with Gasteiger partial charge < -0.3 is 0 Å². The number of rotatable bonds is 1. The number of benzene rings is 1. The molecular weight excluding hydrogens is 258 g/mol. The molecule has 1 aromatic carbocycles. The van der Waals surface area contributed by atoms with Gasteiger partial charge in [-0.05, 0) is 37.1 Å². The first-order valence-corrected chi connectivity index (χ1v) is 6.39. The second-order valence-electron chi connectivity index (χ2n) is 4.50. The number of nitrogens with zero attached hydrogens (tertiary/aromatic N) is 3. The molecule has 0 unspecified atom stereocenters. The molecule has 2 aromatic heterocycles. The third-order valence-corrected chi connectivity index (χ3v) is 3.70. The Hall–Kier alpha value is -2.00. The lowest BCUT2D eigenvalue weighted by Gasteiger charge is -2.08. The van der Waals surface area contributed by atoms with E-state index in [1.54, 1.807) is 6.20 Å². The fourth-order valence-corrected chi connectivity index (χ4v) is 2.24. The standard InChI is InChI=1S/C15H12ClN3/c1-9-10(2)15(16)19-18-14(9)12-6-5-11-4-3-7-17-13(11)8-12/h3-8H,1-2H3. The fraction of sp³-hybridized carbons (Fsp3) is 0.133. The first-order chi connectivity index (χ1) is 9.16. The Kier molecular flexibility index (Phi) is 2.91. The maximum Gasteiger partial charge on any atom is 0.154 e. The minimum atomic E-state index is 0.458. The van der Waals surface area contributed by atoms with Crippen LogP contribution in [0.3, 0.4) is 0 Å². The third-order valence-electron chi connectivity index (χ3n) is 3.34. The molecule has 0 radical (unpaired) electrons. The van der Waals surface area contributed by atoms with Crippen LogP contribution in [0.2, 0.25) is 5.15 Å². The Morgan fingerprint density at radius 3 is 2.68 bits per heavy atom. The molecule has 3 rings (SSSR count). The number of fused-ring (bicyclic) bond motifs is 1. The molecule has 0 saturated carbocycles. The second kappa shape index (κ2) is 4.59. The van der Waals surface area contributed by atoms with E-state index < -0.39 is 0 Å². The Morgan fingerprint density at radius 1 is 1.00 bits per heavy atom. The van der Waals surface area contributed by atoms with E-state index in [2.05, 4.69) is 15.2 Å². The molecule has 4 heteroatoms. The molecule has 0 aliphatic heterocycles. The van der Waals surface area contributed by atoms with Crippen LogP contribution in [0.4, 0.5) is 0 Å². The lowest BCUT2D eigenvalue weighted by Crippen LogP contribution is -1.96. The van der Waals surface area contributed by atoms with Crippen LogP contribution in [0.15, 0.2) is 36.5 Å². The molecule has 0 bridgehead atoms. The normalized spacial score (nSPS) is 10.9. The predicted molar refractivity (Wildman–Crippen MR) is 77.3 cm³/mol. The Morgan fingerprint density at radius 2 is 1.84 bits per heavy atom. The van der Waals surface area contributed by atoms with Crippen molar-refractivity contribution in [1.29, 1.82) is 0 Å². The van der Waals surface area contributed by atoms with Crippen molar-refractivity contribution in [2.75, 3.05) is 0 Å². The minimum Gasteiger partial charge on any atom is -0.256 e. The zero-order valence-electron chi connectivity index (χ0n) is 10.7. The Balaban J connectivity index is 2.22. The lowest BCUT2D eigenvalue weighted by atomic mass is 10.0. The number of hydrogen-bond donors (Lipinski definition) is 0. The summed E-state index contributed by atoms with van der Waals surface area (Å²) >= 11 is 5.98. The summed E-state index contributed by atoms with van der Waals surface area (Å²) in [5.74, 6) is 0. The summed E-state index contributed by atoms with van der Waals surface area (Å²) in [7, 11) is 0. The van der Waals surface area contributed by atoms with Gasteiger partial charge in [0.15, 0.2) is 5.15 Å². The van der Waals surface area contributed by atoms with Crippen LogP contribution in [0, 0.1) is 13.8 Å². The molecule has 0 aliphatic carbocycles. The van der Waals surface area contributed by atoms with Crippen LogP contribution in [0.1, 0.15) is 11.1 Å². The molecule has 3 aromatic rings. The van der Waals surface area contributed by atoms with Crippen LogP contribution in [0.5, 0.6) is 0 Å². The van der Waals surface area contributed by atoms with Crippen LogP contribution in [0.25, 0.3) is 22.2 Å². The molecule has 0 N–H and O–H groups in total. The van der Waals surface area contributed by atoms with Gasteiger partial charge in [-0.15, -0.1) is 10.2 Å². The van der Waals surface area contributed by atoms with E-state index in [9.17, 15) is 0 Å². The van der Waals surface area contributed by atoms with E-state index in [0.717, 1.165) is 33.3 Å². The van der Waals surface area contributed by atoms with E-state index >= 15 is 0 Å². The van der Waals surface area contributed by atoms with Gasteiger partial charge in [-0.1, -0.05) is 29.8 Å². The molecule has 3 nitrogen and oxygen atoms in total. The highest BCUT2D eigenvalue weighted by molar-refractivity contribution is 6.30. The molecule has 19 heavy (non-hydrogen) atoms. The molecule has 0 atom stereocenters. The average molecular weight is 270 g/mol. The van der Waals surface area contributed by atoms with Gasteiger partial charge in [0.05, 0.1) is 11.2 Å². The summed E-state index contributed by atoms with van der Waals surface area (Å²) < 4.78 is 0. The predicted octanol–water partition coefficient (Wildman–Crippen LogP) is 3.96. The summed E-state index contributed by atoms with van der Waals surface area (Å²) in [5, 5.41) is 9.77. The van der Waals surface area contributed by atoms with Crippen LogP contribution < -0.4 is 0 Å². The molecule has 0 amide bonds. The first kappa shape index (κ1) is 12.1. The number of hydrogen-bond acceptors (Lipinski definition) is 3. The monoisotopic (exact) mass is 269 g/mol. The van der Waals surface area contributed by atoms with E-state index in [4.69, 9.17) is 11.6 Å². The lowest BCUT2D eigenvalue weighted by molar-refractivity contribution is 1.00. The van der Waals surface area contributed by atoms with Crippen molar-refractivity contribution in [2.24, 2.45) is 0 Å². The second-order valence-corrected chi connectivity index (χ2v) is 4.86. The van der Waals surface area contributed by atoms with Crippen molar-refractivity contribution in [2.45, 2.75) is 13.8 Å². The van der Waals surface area contributed by atoms with Gasteiger partial charge in [-0.3, -0.25) is 4.98 Å². The van der Waals surface area contributed by atoms with Gasteiger partial charge in [-0.2, -0.15) is 0 Å². The first-order valence-electron chi connectivity index (χ1n) is 6.01. The molecule has 94 valence electrons. The molecule has 2 heterocycles. The highest BCUT2D eigenvalue weighted by Gasteiger charge is 2.10. The van der Waals surface area contributed by atoms with Gasteiger partial charge in [0.1, 0.15) is 0 Å². The summed E-state index contributed by atoms with van der Waals surface area (Å²) in [4.78, 5) is 4.36. The van der Waals surface area contributed by atoms with E-state index in [1.165, 1.54) is 0 Å². The largest absolute Gasteiger partial charge is 0.256 e. The van der Waals surface area contributed by atoms with Crippen LogP contribution >= 0.6 is 11.6 Å².